The van der Waals surface area contributed by atoms with E-state index in [9.17, 15) is 9.59 Å². The molecule has 7 heteroatoms. The second kappa shape index (κ2) is 10.5. The van der Waals surface area contributed by atoms with Gasteiger partial charge in [-0.05, 0) is 44.0 Å². The lowest BCUT2D eigenvalue weighted by atomic mass is 9.96. The molecular formula is C16H25Cl2N3O2. The van der Waals surface area contributed by atoms with Crippen molar-refractivity contribution in [3.05, 3.63) is 29.3 Å². The van der Waals surface area contributed by atoms with Gasteiger partial charge in [0.1, 0.15) is 0 Å². The van der Waals surface area contributed by atoms with Gasteiger partial charge >= 0.3 is 0 Å². The molecular weight excluding hydrogens is 337 g/mol. The van der Waals surface area contributed by atoms with Crippen LogP contribution in [-0.2, 0) is 9.59 Å². The quantitative estimate of drug-likeness (QED) is 0.621. The monoisotopic (exact) mass is 361 g/mol. The van der Waals surface area contributed by atoms with Gasteiger partial charge in [-0.1, -0.05) is 24.9 Å². The minimum atomic E-state index is -0.847. The van der Waals surface area contributed by atoms with E-state index >= 15 is 0 Å². The van der Waals surface area contributed by atoms with E-state index in [1.54, 1.807) is 31.2 Å². The van der Waals surface area contributed by atoms with E-state index in [0.717, 1.165) is 6.42 Å². The number of halogens is 2. The molecule has 0 aliphatic carbocycles. The van der Waals surface area contributed by atoms with E-state index < -0.39 is 5.54 Å². The molecule has 23 heavy (non-hydrogen) atoms. The lowest BCUT2D eigenvalue weighted by Crippen LogP contribution is -2.51. The molecule has 0 bridgehead atoms. The number of carbonyl (C=O) groups is 2. The van der Waals surface area contributed by atoms with Gasteiger partial charge in [0.05, 0.1) is 5.54 Å². The Bertz CT molecular complexity index is 505. The Balaban J connectivity index is 0.00000484. The molecule has 0 saturated carbocycles. The number of hydrogen-bond acceptors (Lipinski definition) is 3. The first-order valence-corrected chi connectivity index (χ1v) is 7.85. The van der Waals surface area contributed by atoms with E-state index in [1.807, 2.05) is 6.92 Å². The molecule has 0 fully saturated rings. The maximum absolute atomic E-state index is 11.9. The first-order valence-electron chi connectivity index (χ1n) is 7.48. The van der Waals surface area contributed by atoms with Crippen molar-refractivity contribution in [2.45, 2.75) is 45.1 Å². The molecule has 0 spiro atoms. The summed E-state index contributed by atoms with van der Waals surface area (Å²) in [5.41, 5.74) is 5.78. The molecule has 1 unspecified atom stereocenters. The molecule has 0 radical (unpaired) electrons. The third-order valence-corrected chi connectivity index (χ3v) is 3.53. The molecule has 0 saturated heterocycles. The molecule has 0 aliphatic heterocycles. The van der Waals surface area contributed by atoms with Crippen molar-refractivity contribution in [2.24, 2.45) is 5.73 Å². The number of anilines is 1. The van der Waals surface area contributed by atoms with Gasteiger partial charge < -0.3 is 16.4 Å². The summed E-state index contributed by atoms with van der Waals surface area (Å²) in [5.74, 6) is -0.270. The van der Waals surface area contributed by atoms with E-state index in [-0.39, 0.29) is 24.2 Å². The summed E-state index contributed by atoms with van der Waals surface area (Å²) < 4.78 is 0. The summed E-state index contributed by atoms with van der Waals surface area (Å²) in [6.45, 7) is 4.14. The standard InChI is InChI=1S/C16H24ClN3O2.ClH/c1-3-10-16(2,18)15(22)19-11-4-5-14(21)20-13-8-6-12(17)7-9-13;/h6-9H,3-5,10-11,18H2,1-2H3,(H,19,22)(H,20,21);1H. The highest BCUT2D eigenvalue weighted by atomic mass is 35.5. The number of nitrogens with one attached hydrogen (secondary N) is 2. The zero-order valence-corrected chi connectivity index (χ0v) is 15.1. The van der Waals surface area contributed by atoms with E-state index in [4.69, 9.17) is 17.3 Å². The number of nitrogens with two attached hydrogens (primary N) is 1. The molecule has 0 heterocycles. The summed E-state index contributed by atoms with van der Waals surface area (Å²) in [5, 5.41) is 6.17. The third kappa shape index (κ3) is 8.21. The Labute approximate surface area is 148 Å². The van der Waals surface area contributed by atoms with Gasteiger partial charge in [0.2, 0.25) is 11.8 Å². The molecule has 1 rings (SSSR count). The highest BCUT2D eigenvalue weighted by Gasteiger charge is 2.26. The fraction of sp³-hybridized carbons (Fsp3) is 0.500. The Morgan fingerprint density at radius 3 is 2.43 bits per heavy atom. The van der Waals surface area contributed by atoms with Crippen molar-refractivity contribution in [3.63, 3.8) is 0 Å². The Morgan fingerprint density at radius 1 is 1.26 bits per heavy atom. The van der Waals surface area contributed by atoms with Gasteiger partial charge in [-0.2, -0.15) is 0 Å². The minimum absolute atomic E-state index is 0. The first kappa shape index (κ1) is 21.7. The number of hydrogen-bond donors (Lipinski definition) is 3. The highest BCUT2D eigenvalue weighted by molar-refractivity contribution is 6.30. The second-order valence-corrected chi connectivity index (χ2v) is 6.02. The summed E-state index contributed by atoms with van der Waals surface area (Å²) in [4.78, 5) is 23.6. The molecule has 1 aromatic rings. The van der Waals surface area contributed by atoms with Gasteiger partial charge in [0, 0.05) is 23.7 Å². The van der Waals surface area contributed by atoms with Gasteiger partial charge in [0.25, 0.3) is 0 Å². The fourth-order valence-electron chi connectivity index (χ4n) is 2.04. The van der Waals surface area contributed by atoms with Crippen molar-refractivity contribution < 1.29 is 9.59 Å². The molecule has 0 aromatic heterocycles. The summed E-state index contributed by atoms with van der Waals surface area (Å²) in [7, 11) is 0. The van der Waals surface area contributed by atoms with Gasteiger partial charge in [0.15, 0.2) is 0 Å². The smallest absolute Gasteiger partial charge is 0.239 e. The van der Waals surface area contributed by atoms with E-state index in [2.05, 4.69) is 10.6 Å². The van der Waals surface area contributed by atoms with Crippen LogP contribution in [0.3, 0.4) is 0 Å². The molecule has 2 amide bonds. The predicted octanol–water partition coefficient (Wildman–Crippen LogP) is 3.11. The molecule has 4 N–H and O–H groups in total. The van der Waals surface area contributed by atoms with Crippen LogP contribution in [0.1, 0.15) is 39.5 Å². The van der Waals surface area contributed by atoms with E-state index in [0.29, 0.717) is 36.5 Å². The largest absolute Gasteiger partial charge is 0.354 e. The second-order valence-electron chi connectivity index (χ2n) is 5.58. The average molecular weight is 362 g/mol. The van der Waals surface area contributed by atoms with Crippen molar-refractivity contribution >= 4 is 41.5 Å². The van der Waals surface area contributed by atoms with Crippen molar-refractivity contribution in [1.29, 1.82) is 0 Å². The topological polar surface area (TPSA) is 84.2 Å². The Hall–Kier alpha value is -1.30. The Kier molecular flexibility index (Phi) is 9.88. The normalized spacial score (nSPS) is 12.7. The average Bonchev–Trinajstić information content (AvgIpc) is 2.45. The van der Waals surface area contributed by atoms with Crippen molar-refractivity contribution in [2.75, 3.05) is 11.9 Å². The zero-order chi connectivity index (χ0) is 16.6. The lowest BCUT2D eigenvalue weighted by Gasteiger charge is -2.22. The first-order chi connectivity index (χ1) is 10.3. The third-order valence-electron chi connectivity index (χ3n) is 3.28. The fourth-order valence-corrected chi connectivity index (χ4v) is 2.17. The van der Waals surface area contributed by atoms with Gasteiger partial charge in [-0.3, -0.25) is 9.59 Å². The Morgan fingerprint density at radius 2 is 1.87 bits per heavy atom. The molecule has 130 valence electrons. The van der Waals surface area contributed by atoms with E-state index in [1.165, 1.54) is 0 Å². The summed E-state index contributed by atoms with van der Waals surface area (Å²) in [6, 6.07) is 6.92. The van der Waals surface area contributed by atoms with Crippen LogP contribution in [0.25, 0.3) is 0 Å². The SMILES string of the molecule is CCCC(C)(N)C(=O)NCCCC(=O)Nc1ccc(Cl)cc1.Cl. The summed E-state index contributed by atoms with van der Waals surface area (Å²) in [6.07, 6.45) is 2.38. The molecule has 1 atom stereocenters. The maximum Gasteiger partial charge on any atom is 0.239 e. The summed E-state index contributed by atoms with van der Waals surface area (Å²) >= 11 is 5.78. The number of amides is 2. The van der Waals surface area contributed by atoms with Crippen LogP contribution in [0.4, 0.5) is 5.69 Å². The van der Waals surface area contributed by atoms with Crippen LogP contribution in [0, 0.1) is 0 Å². The minimum Gasteiger partial charge on any atom is -0.354 e. The van der Waals surface area contributed by atoms with Gasteiger partial charge in [-0.15, -0.1) is 12.4 Å². The van der Waals surface area contributed by atoms with Crippen LogP contribution in [-0.4, -0.2) is 23.9 Å². The maximum atomic E-state index is 11.9. The van der Waals surface area contributed by atoms with Gasteiger partial charge in [-0.25, -0.2) is 0 Å². The lowest BCUT2D eigenvalue weighted by molar-refractivity contribution is -0.126. The van der Waals surface area contributed by atoms with Crippen molar-refractivity contribution in [3.8, 4) is 0 Å². The molecule has 5 nitrogen and oxygen atoms in total. The number of carbonyl (C=O) groups excluding carboxylic acids is 2. The molecule has 0 aliphatic rings. The highest BCUT2D eigenvalue weighted by Crippen LogP contribution is 2.13. The van der Waals surface area contributed by atoms with Crippen LogP contribution in [0.15, 0.2) is 24.3 Å². The number of rotatable bonds is 8. The number of benzene rings is 1. The van der Waals surface area contributed by atoms with Crippen LogP contribution < -0.4 is 16.4 Å². The predicted molar refractivity (Wildman–Crippen MR) is 97.1 cm³/mol. The van der Waals surface area contributed by atoms with Crippen LogP contribution in [0.5, 0.6) is 0 Å². The zero-order valence-electron chi connectivity index (χ0n) is 13.5. The molecule has 1 aromatic carbocycles. The van der Waals surface area contributed by atoms with Crippen molar-refractivity contribution in [1.82, 2.24) is 5.32 Å². The van der Waals surface area contributed by atoms with Crippen LogP contribution in [0.2, 0.25) is 5.02 Å². The van der Waals surface area contributed by atoms with Crippen LogP contribution >= 0.6 is 24.0 Å².